The number of hydrogen-bond acceptors (Lipinski definition) is 4. The van der Waals surface area contributed by atoms with E-state index in [0.29, 0.717) is 30.3 Å². The second-order valence-electron chi connectivity index (χ2n) is 6.76. The number of rotatable bonds is 4. The van der Waals surface area contributed by atoms with Crippen molar-refractivity contribution in [1.82, 2.24) is 5.32 Å². The number of carboxylic acid groups (broad SMARTS) is 1. The maximum Gasteiger partial charge on any atom is 0.306 e. The summed E-state index contributed by atoms with van der Waals surface area (Å²) in [6.45, 7) is -0.315. The normalized spacial score (nSPS) is 23.3. The minimum atomic E-state index is -3.77. The quantitative estimate of drug-likeness (QED) is 0.848. The molecule has 1 aliphatic carbocycles. The van der Waals surface area contributed by atoms with E-state index in [1.807, 2.05) is 12.1 Å². The molecular formula is C18H18N2O5S. The van der Waals surface area contributed by atoms with Crippen LogP contribution in [0, 0.1) is 5.92 Å². The van der Waals surface area contributed by atoms with Crippen molar-refractivity contribution in [2.75, 3.05) is 10.8 Å². The Morgan fingerprint density at radius 1 is 1.15 bits per heavy atom. The predicted molar refractivity (Wildman–Crippen MR) is 95.4 cm³/mol. The molecule has 0 saturated heterocycles. The second-order valence-corrected chi connectivity index (χ2v) is 8.59. The summed E-state index contributed by atoms with van der Waals surface area (Å²) in [5.74, 6) is -1.73. The molecule has 2 aliphatic rings. The molecule has 2 aromatic carbocycles. The van der Waals surface area contributed by atoms with E-state index < -0.39 is 27.8 Å². The number of hydrogen-bond donors (Lipinski definition) is 2. The van der Waals surface area contributed by atoms with Gasteiger partial charge < -0.3 is 10.4 Å². The van der Waals surface area contributed by atoms with Crippen LogP contribution in [-0.2, 0) is 19.6 Å². The summed E-state index contributed by atoms with van der Waals surface area (Å²) < 4.78 is 26.8. The number of benzene rings is 2. The minimum absolute atomic E-state index is 0.213. The first-order valence-electron chi connectivity index (χ1n) is 8.44. The Morgan fingerprint density at radius 3 is 2.58 bits per heavy atom. The summed E-state index contributed by atoms with van der Waals surface area (Å²) in [4.78, 5) is 23.7. The highest BCUT2D eigenvalue weighted by molar-refractivity contribution is 7.93. The first kappa shape index (κ1) is 16.8. The van der Waals surface area contributed by atoms with Crippen LogP contribution in [0.5, 0.6) is 0 Å². The van der Waals surface area contributed by atoms with E-state index in [4.69, 9.17) is 5.11 Å². The first-order valence-corrected chi connectivity index (χ1v) is 9.88. The first-order chi connectivity index (χ1) is 12.4. The van der Waals surface area contributed by atoms with Gasteiger partial charge in [0.05, 0.1) is 16.5 Å². The van der Waals surface area contributed by atoms with E-state index in [0.717, 1.165) is 9.69 Å². The number of carbonyl (C=O) groups excluding carboxylic acids is 1. The summed E-state index contributed by atoms with van der Waals surface area (Å²) in [5, 5.41) is 13.3. The largest absolute Gasteiger partial charge is 0.481 e. The maximum atomic E-state index is 12.8. The third-order valence-corrected chi connectivity index (χ3v) is 6.92. The molecule has 2 atom stereocenters. The average Bonchev–Trinajstić information content (AvgIpc) is 3.14. The monoisotopic (exact) mass is 374 g/mol. The van der Waals surface area contributed by atoms with E-state index in [-0.39, 0.29) is 17.5 Å². The molecule has 7 nitrogen and oxygen atoms in total. The Morgan fingerprint density at radius 2 is 1.88 bits per heavy atom. The second kappa shape index (κ2) is 5.98. The predicted octanol–water partition coefficient (Wildman–Crippen LogP) is 1.72. The lowest BCUT2D eigenvalue weighted by atomic mass is 10.1. The number of anilines is 1. The van der Waals surface area contributed by atoms with Gasteiger partial charge in [0.25, 0.3) is 10.0 Å². The summed E-state index contributed by atoms with van der Waals surface area (Å²) in [6.07, 6.45) is 1.49. The Labute approximate surface area is 150 Å². The van der Waals surface area contributed by atoms with Gasteiger partial charge in [-0.05, 0) is 36.8 Å². The smallest absolute Gasteiger partial charge is 0.306 e. The Hall–Kier alpha value is -2.61. The van der Waals surface area contributed by atoms with Crippen LogP contribution < -0.4 is 9.62 Å². The Bertz CT molecular complexity index is 1010. The van der Waals surface area contributed by atoms with Crippen LogP contribution in [-0.4, -0.2) is 38.0 Å². The molecule has 1 fully saturated rings. The van der Waals surface area contributed by atoms with Crippen LogP contribution in [0.15, 0.2) is 41.3 Å². The summed E-state index contributed by atoms with van der Waals surface area (Å²) in [7, 11) is -3.77. The molecule has 1 amide bonds. The van der Waals surface area contributed by atoms with Gasteiger partial charge in [-0.1, -0.05) is 24.3 Å². The van der Waals surface area contributed by atoms with Gasteiger partial charge in [0, 0.05) is 11.4 Å². The highest BCUT2D eigenvalue weighted by Gasteiger charge is 2.37. The molecule has 136 valence electrons. The van der Waals surface area contributed by atoms with E-state index in [1.54, 1.807) is 24.3 Å². The summed E-state index contributed by atoms with van der Waals surface area (Å²) >= 11 is 0. The van der Waals surface area contributed by atoms with Gasteiger partial charge in [0.2, 0.25) is 5.91 Å². The fourth-order valence-corrected chi connectivity index (χ4v) is 5.54. The van der Waals surface area contributed by atoms with E-state index in [2.05, 4.69) is 5.32 Å². The molecule has 0 unspecified atom stereocenters. The number of carbonyl (C=O) groups is 2. The molecule has 4 rings (SSSR count). The van der Waals surface area contributed by atoms with E-state index >= 15 is 0 Å². The summed E-state index contributed by atoms with van der Waals surface area (Å²) in [5.41, 5.74) is 0.503. The van der Waals surface area contributed by atoms with Crippen molar-refractivity contribution in [2.45, 2.75) is 30.2 Å². The van der Waals surface area contributed by atoms with Gasteiger partial charge in [-0.25, -0.2) is 8.42 Å². The molecule has 1 aliphatic heterocycles. The van der Waals surface area contributed by atoms with E-state index in [9.17, 15) is 18.0 Å². The Kier molecular flexibility index (Phi) is 3.87. The molecular weight excluding hydrogens is 356 g/mol. The maximum absolute atomic E-state index is 12.8. The van der Waals surface area contributed by atoms with Crippen LogP contribution in [0.3, 0.4) is 0 Å². The van der Waals surface area contributed by atoms with Crippen LogP contribution >= 0.6 is 0 Å². The minimum Gasteiger partial charge on any atom is -0.481 e. The summed E-state index contributed by atoms with van der Waals surface area (Å²) in [6, 6.07) is 10.1. The molecule has 2 N–H and O–H groups in total. The third-order valence-electron chi connectivity index (χ3n) is 5.12. The van der Waals surface area contributed by atoms with Crippen LogP contribution in [0.2, 0.25) is 0 Å². The number of aliphatic carboxylic acids is 1. The molecule has 0 bridgehead atoms. The van der Waals surface area contributed by atoms with Gasteiger partial charge >= 0.3 is 5.97 Å². The van der Waals surface area contributed by atoms with Crippen molar-refractivity contribution in [2.24, 2.45) is 5.92 Å². The van der Waals surface area contributed by atoms with Crippen molar-refractivity contribution >= 4 is 38.4 Å². The molecule has 0 radical (unpaired) electrons. The lowest BCUT2D eigenvalue weighted by Gasteiger charge is -2.20. The SMILES string of the molecule is O=C(CN1c2cccc3cccc(c23)S1(=O)=O)N[C@H]1CC[C@@H](C(=O)O)C1. The molecule has 0 spiro atoms. The highest BCUT2D eigenvalue weighted by Crippen LogP contribution is 2.41. The lowest BCUT2D eigenvalue weighted by Crippen LogP contribution is -2.42. The number of nitrogens with one attached hydrogen (secondary N) is 1. The molecule has 26 heavy (non-hydrogen) atoms. The zero-order valence-corrected chi connectivity index (χ0v) is 14.7. The highest BCUT2D eigenvalue weighted by atomic mass is 32.2. The molecule has 2 aromatic rings. The van der Waals surface area contributed by atoms with Gasteiger partial charge in [-0.2, -0.15) is 0 Å². The molecule has 0 aromatic heterocycles. The fourth-order valence-electron chi connectivity index (χ4n) is 3.87. The van der Waals surface area contributed by atoms with Crippen LogP contribution in [0.1, 0.15) is 19.3 Å². The Balaban J connectivity index is 1.55. The van der Waals surface area contributed by atoms with Crippen molar-refractivity contribution in [3.05, 3.63) is 36.4 Å². The standard InChI is InChI=1S/C18H18N2O5S/c21-16(19-13-8-7-12(9-13)18(22)23)10-20-14-5-1-3-11-4-2-6-15(17(11)14)26(20,24)25/h1-6,12-13H,7-10H2,(H,19,21)(H,22,23)/t12-,13+/m1/s1. The number of sulfonamides is 1. The van der Waals surface area contributed by atoms with Crippen LogP contribution in [0.4, 0.5) is 5.69 Å². The van der Waals surface area contributed by atoms with Gasteiger partial charge in [-0.15, -0.1) is 0 Å². The third kappa shape index (κ3) is 2.61. The molecule has 1 saturated carbocycles. The van der Waals surface area contributed by atoms with Crippen molar-refractivity contribution in [1.29, 1.82) is 0 Å². The lowest BCUT2D eigenvalue weighted by molar-refractivity contribution is -0.141. The zero-order valence-electron chi connectivity index (χ0n) is 13.9. The topological polar surface area (TPSA) is 104 Å². The van der Waals surface area contributed by atoms with Crippen molar-refractivity contribution < 1.29 is 23.1 Å². The average molecular weight is 374 g/mol. The van der Waals surface area contributed by atoms with E-state index in [1.165, 1.54) is 0 Å². The number of amides is 1. The molecule has 1 heterocycles. The van der Waals surface area contributed by atoms with Gasteiger partial charge in [0.1, 0.15) is 6.54 Å². The number of carboxylic acids is 1. The fraction of sp³-hybridized carbons (Fsp3) is 0.333. The van der Waals surface area contributed by atoms with Gasteiger partial charge in [-0.3, -0.25) is 13.9 Å². The van der Waals surface area contributed by atoms with Crippen molar-refractivity contribution in [3.8, 4) is 0 Å². The molecule has 8 heteroatoms. The zero-order chi connectivity index (χ0) is 18.5. The van der Waals surface area contributed by atoms with Gasteiger partial charge in [0.15, 0.2) is 0 Å². The van der Waals surface area contributed by atoms with Crippen molar-refractivity contribution in [3.63, 3.8) is 0 Å². The number of nitrogens with zero attached hydrogens (tertiary/aromatic N) is 1. The van der Waals surface area contributed by atoms with Crippen LogP contribution in [0.25, 0.3) is 10.8 Å².